The summed E-state index contributed by atoms with van der Waals surface area (Å²) in [5.41, 5.74) is 2.09. The van der Waals surface area contributed by atoms with Gasteiger partial charge >= 0.3 is 0 Å². The summed E-state index contributed by atoms with van der Waals surface area (Å²) in [5, 5.41) is 15.9. The van der Waals surface area contributed by atoms with Gasteiger partial charge in [-0.05, 0) is 23.8 Å². The number of aliphatic hydroxyl groups excluding tert-OH is 1. The smallest absolute Gasteiger partial charge is 0.277 e. The predicted molar refractivity (Wildman–Crippen MR) is 111 cm³/mol. The van der Waals surface area contributed by atoms with E-state index in [1.807, 2.05) is 27.7 Å². The van der Waals surface area contributed by atoms with Crippen LogP contribution < -0.4 is 15.6 Å². The zero-order valence-corrected chi connectivity index (χ0v) is 17.3. The molecule has 1 aromatic carbocycles. The predicted octanol–water partition coefficient (Wildman–Crippen LogP) is 4.21. The number of hydrogen-bond acceptors (Lipinski definition) is 5. The number of nitrogens with zero attached hydrogens (tertiary/aromatic N) is 2. The fourth-order valence-corrected chi connectivity index (χ4v) is 2.56. The van der Waals surface area contributed by atoms with E-state index in [1.165, 1.54) is 11.8 Å². The van der Waals surface area contributed by atoms with Gasteiger partial charge in [0.2, 0.25) is 0 Å². The summed E-state index contributed by atoms with van der Waals surface area (Å²) in [7, 11) is 3.14. The van der Waals surface area contributed by atoms with Crippen LogP contribution in [-0.4, -0.2) is 27.0 Å². The molecule has 0 spiro atoms. The van der Waals surface area contributed by atoms with E-state index in [-0.39, 0.29) is 17.3 Å². The first-order valence-corrected chi connectivity index (χ1v) is 9.21. The Morgan fingerprint density at radius 1 is 1.22 bits per heavy atom. The number of rotatable bonds is 4. The number of pyridine rings is 1. The number of ether oxygens (including phenoxy) is 1. The third-order valence-electron chi connectivity index (χ3n) is 3.50. The van der Waals surface area contributed by atoms with Crippen LogP contribution in [0, 0.1) is 0 Å². The van der Waals surface area contributed by atoms with E-state index >= 15 is 0 Å². The molecule has 3 rings (SSSR count). The van der Waals surface area contributed by atoms with Gasteiger partial charge in [-0.25, -0.2) is 4.98 Å². The van der Waals surface area contributed by atoms with Crippen molar-refractivity contribution in [2.24, 2.45) is 7.05 Å². The molecule has 0 amide bonds. The highest BCUT2D eigenvalue weighted by molar-refractivity contribution is 6.30. The highest BCUT2D eigenvalue weighted by Gasteiger charge is 2.14. The highest BCUT2D eigenvalue weighted by atomic mass is 35.5. The zero-order valence-electron chi connectivity index (χ0n) is 16.6. The van der Waals surface area contributed by atoms with Crippen LogP contribution in [0.25, 0.3) is 11.0 Å². The molecule has 2 heterocycles. The van der Waals surface area contributed by atoms with Gasteiger partial charge in [0.05, 0.1) is 25.1 Å². The van der Waals surface area contributed by atoms with Crippen LogP contribution in [-0.2, 0) is 13.7 Å². The van der Waals surface area contributed by atoms with Gasteiger partial charge in [-0.1, -0.05) is 45.4 Å². The number of methoxy groups -OCH3 is 1. The molecule has 8 heteroatoms. The first kappa shape index (κ1) is 22.5. The normalized spacial score (nSPS) is 9.78. The van der Waals surface area contributed by atoms with Crippen LogP contribution in [0.15, 0.2) is 29.1 Å². The van der Waals surface area contributed by atoms with E-state index in [4.69, 9.17) is 16.3 Å². The lowest BCUT2D eigenvalue weighted by Gasteiger charge is -2.13. The number of aromatic nitrogens is 3. The van der Waals surface area contributed by atoms with Gasteiger partial charge in [0.15, 0.2) is 5.65 Å². The highest BCUT2D eigenvalue weighted by Crippen LogP contribution is 2.31. The van der Waals surface area contributed by atoms with Crippen molar-refractivity contribution in [3.63, 3.8) is 0 Å². The first-order valence-electron chi connectivity index (χ1n) is 8.83. The van der Waals surface area contributed by atoms with Gasteiger partial charge in [-0.15, -0.1) is 0 Å². The fraction of sp³-hybridized carbons (Fsp3) is 0.368. The number of benzene rings is 1. The largest absolute Gasteiger partial charge is 0.495 e. The molecule has 3 N–H and O–H groups in total. The molecular formula is C19H27ClN4O3. The minimum Gasteiger partial charge on any atom is -0.495 e. The molecule has 0 aliphatic rings. The molecular weight excluding hydrogens is 368 g/mol. The Hall–Kier alpha value is -2.51. The molecule has 148 valence electrons. The zero-order chi connectivity index (χ0) is 20.6. The van der Waals surface area contributed by atoms with Crippen LogP contribution in [0.4, 0.5) is 11.4 Å². The van der Waals surface area contributed by atoms with Crippen molar-refractivity contribution in [3.05, 3.63) is 45.3 Å². The number of anilines is 2. The lowest BCUT2D eigenvalue weighted by atomic mass is 10.2. The average Bonchev–Trinajstić information content (AvgIpc) is 2.98. The second-order valence-electron chi connectivity index (χ2n) is 5.01. The van der Waals surface area contributed by atoms with E-state index in [2.05, 4.69) is 15.4 Å². The van der Waals surface area contributed by atoms with E-state index in [1.54, 1.807) is 31.3 Å². The molecule has 3 aromatic rings. The van der Waals surface area contributed by atoms with Gasteiger partial charge in [0.25, 0.3) is 5.56 Å². The number of nitrogens with one attached hydrogen (secondary N) is 2. The molecule has 0 bridgehead atoms. The summed E-state index contributed by atoms with van der Waals surface area (Å²) in [4.78, 5) is 16.4. The van der Waals surface area contributed by atoms with Crippen LogP contribution in [0.2, 0.25) is 5.15 Å². The summed E-state index contributed by atoms with van der Waals surface area (Å²) in [6, 6.07) is 6.83. The van der Waals surface area contributed by atoms with E-state index in [9.17, 15) is 9.90 Å². The third-order valence-corrected chi connectivity index (χ3v) is 3.69. The molecule has 0 radical (unpaired) electrons. The van der Waals surface area contributed by atoms with Crippen molar-refractivity contribution in [1.82, 2.24) is 14.8 Å². The first-order chi connectivity index (χ1) is 13.0. The minimum absolute atomic E-state index is 0.0830. The Kier molecular flexibility index (Phi) is 8.84. The van der Waals surface area contributed by atoms with Crippen molar-refractivity contribution in [2.75, 3.05) is 12.4 Å². The lowest BCUT2D eigenvalue weighted by molar-refractivity contribution is 0.281. The fourth-order valence-electron chi connectivity index (χ4n) is 2.37. The summed E-state index contributed by atoms with van der Waals surface area (Å²) in [5.74, 6) is 0.546. The Balaban J connectivity index is 0.000000855. The van der Waals surface area contributed by atoms with Crippen molar-refractivity contribution < 1.29 is 9.84 Å². The maximum Gasteiger partial charge on any atom is 0.277 e. The molecule has 0 unspecified atom stereocenters. The standard InChI is InChI=1S/C15H15ClN4O3.2C2H6/c1-20-15(22)13-10(6-12(16)18-14(13)19-20)17-9-4-3-8(7-21)5-11(9)23-2;2*1-2/h3-6,21H,7H2,1-2H3,(H2,17,18,19);2*1-2H3. The maximum absolute atomic E-state index is 12.2. The van der Waals surface area contributed by atoms with Crippen LogP contribution in [0.1, 0.15) is 33.3 Å². The van der Waals surface area contributed by atoms with E-state index < -0.39 is 0 Å². The summed E-state index contributed by atoms with van der Waals surface area (Å²) >= 11 is 6.03. The summed E-state index contributed by atoms with van der Waals surface area (Å²) < 4.78 is 6.66. The second-order valence-corrected chi connectivity index (χ2v) is 5.40. The van der Waals surface area contributed by atoms with Gasteiger partial charge in [-0.2, -0.15) is 0 Å². The molecule has 7 nitrogen and oxygen atoms in total. The minimum atomic E-state index is -0.211. The Morgan fingerprint density at radius 2 is 1.89 bits per heavy atom. The van der Waals surface area contributed by atoms with E-state index in [0.717, 1.165) is 5.56 Å². The maximum atomic E-state index is 12.2. The number of halogens is 1. The van der Waals surface area contributed by atoms with Crippen LogP contribution in [0.5, 0.6) is 5.75 Å². The molecule has 0 atom stereocenters. The number of H-pyrrole nitrogens is 1. The molecule has 0 aliphatic heterocycles. The lowest BCUT2D eigenvalue weighted by Crippen LogP contribution is -2.12. The summed E-state index contributed by atoms with van der Waals surface area (Å²) in [6.45, 7) is 7.92. The van der Waals surface area contributed by atoms with Crippen molar-refractivity contribution >= 4 is 34.0 Å². The molecule has 0 saturated carbocycles. The Labute approximate surface area is 163 Å². The molecule has 0 aliphatic carbocycles. The number of aliphatic hydroxyl groups is 1. The monoisotopic (exact) mass is 394 g/mol. The molecule has 0 fully saturated rings. The molecule has 0 saturated heterocycles. The quantitative estimate of drug-likeness (QED) is 0.576. The SMILES string of the molecule is CC.CC.COc1cc(CO)ccc1Nc1cc(Cl)nc2[nH]n(C)c(=O)c12. The van der Waals surface area contributed by atoms with Gasteiger partial charge < -0.3 is 15.2 Å². The Bertz CT molecular complexity index is 935. The summed E-state index contributed by atoms with van der Waals surface area (Å²) in [6.07, 6.45) is 0. The second kappa shape index (κ2) is 10.6. The van der Waals surface area contributed by atoms with Crippen molar-refractivity contribution in [2.45, 2.75) is 34.3 Å². The number of fused-ring (bicyclic) bond motifs is 1. The van der Waals surface area contributed by atoms with E-state index in [0.29, 0.717) is 28.2 Å². The average molecular weight is 395 g/mol. The number of aromatic amines is 1. The number of aryl methyl sites for hydroxylation is 1. The number of hydrogen-bond donors (Lipinski definition) is 3. The van der Waals surface area contributed by atoms with Crippen LogP contribution >= 0.6 is 11.6 Å². The van der Waals surface area contributed by atoms with Crippen LogP contribution in [0.3, 0.4) is 0 Å². The topological polar surface area (TPSA) is 92.2 Å². The van der Waals surface area contributed by atoms with Gasteiger partial charge in [-0.3, -0.25) is 14.6 Å². The molecule has 2 aromatic heterocycles. The Morgan fingerprint density at radius 3 is 2.48 bits per heavy atom. The van der Waals surface area contributed by atoms with Crippen molar-refractivity contribution in [1.29, 1.82) is 0 Å². The van der Waals surface area contributed by atoms with Gasteiger partial charge in [0.1, 0.15) is 16.3 Å². The van der Waals surface area contributed by atoms with Gasteiger partial charge in [0, 0.05) is 7.05 Å². The molecule has 27 heavy (non-hydrogen) atoms. The van der Waals surface area contributed by atoms with Crippen molar-refractivity contribution in [3.8, 4) is 5.75 Å². The third kappa shape index (κ3) is 5.02.